The number of nitrogens with two attached hydrogens (primary N) is 1. The van der Waals surface area contributed by atoms with Crippen LogP contribution in [0.25, 0.3) is 0 Å². The van der Waals surface area contributed by atoms with Gasteiger partial charge in [-0.25, -0.2) is 4.98 Å². The molecule has 1 aliphatic carbocycles. The highest BCUT2D eigenvalue weighted by atomic mass is 16.1. The first kappa shape index (κ1) is 11.0. The lowest BCUT2D eigenvalue weighted by Crippen LogP contribution is -2.42. The predicted molar refractivity (Wildman–Crippen MR) is 59.8 cm³/mol. The van der Waals surface area contributed by atoms with Crippen LogP contribution in [0.3, 0.4) is 0 Å². The van der Waals surface area contributed by atoms with Gasteiger partial charge in [-0.1, -0.05) is 0 Å². The van der Waals surface area contributed by atoms with Gasteiger partial charge in [-0.2, -0.15) is 0 Å². The number of amides is 1. The fraction of sp³-hybridized carbons (Fsp3) is 0.545. The molecule has 1 saturated carbocycles. The van der Waals surface area contributed by atoms with Crippen LogP contribution in [0, 0.1) is 12.8 Å². The highest BCUT2D eigenvalue weighted by molar-refractivity contribution is 5.92. The van der Waals surface area contributed by atoms with Crippen LogP contribution in [0.5, 0.6) is 0 Å². The molecule has 1 fully saturated rings. The number of carbonyl (C=O) groups excluding carboxylic acids is 1. The third-order valence-electron chi connectivity index (χ3n) is 2.78. The Morgan fingerprint density at radius 2 is 2.31 bits per heavy atom. The fourth-order valence-electron chi connectivity index (χ4n) is 1.62. The monoisotopic (exact) mass is 220 g/mol. The lowest BCUT2D eigenvalue weighted by molar-refractivity contribution is 0.0928. The summed E-state index contributed by atoms with van der Waals surface area (Å²) in [7, 11) is 0. The van der Waals surface area contributed by atoms with Crippen molar-refractivity contribution in [2.24, 2.45) is 11.7 Å². The summed E-state index contributed by atoms with van der Waals surface area (Å²) in [4.78, 5) is 19.9. The van der Waals surface area contributed by atoms with E-state index in [1.165, 1.54) is 6.20 Å². The van der Waals surface area contributed by atoms with Gasteiger partial charge in [0.2, 0.25) is 0 Å². The van der Waals surface area contributed by atoms with Crippen LogP contribution in [0.4, 0.5) is 0 Å². The Morgan fingerprint density at radius 3 is 2.81 bits per heavy atom. The van der Waals surface area contributed by atoms with Crippen molar-refractivity contribution < 1.29 is 4.79 Å². The van der Waals surface area contributed by atoms with E-state index >= 15 is 0 Å². The first-order valence-corrected chi connectivity index (χ1v) is 5.50. The van der Waals surface area contributed by atoms with Gasteiger partial charge in [0.05, 0.1) is 11.9 Å². The van der Waals surface area contributed by atoms with Crippen LogP contribution >= 0.6 is 0 Å². The molecule has 2 rings (SSSR count). The number of rotatable bonds is 4. The first-order chi connectivity index (χ1) is 7.70. The molecular formula is C11H16N4O. The highest BCUT2D eigenvalue weighted by Crippen LogP contribution is 2.32. The molecule has 1 aliphatic rings. The maximum absolute atomic E-state index is 11.8. The molecule has 1 aromatic rings. The smallest absolute Gasteiger partial charge is 0.271 e. The molecule has 1 amide bonds. The van der Waals surface area contributed by atoms with Crippen molar-refractivity contribution in [3.8, 4) is 0 Å². The predicted octanol–water partition coefficient (Wildman–Crippen LogP) is 0.252. The van der Waals surface area contributed by atoms with Gasteiger partial charge < -0.3 is 11.1 Å². The third-order valence-corrected chi connectivity index (χ3v) is 2.78. The molecule has 0 aromatic carbocycles. The average molecular weight is 220 g/mol. The zero-order valence-corrected chi connectivity index (χ0v) is 9.31. The minimum absolute atomic E-state index is 0.0793. The molecule has 1 heterocycles. The van der Waals surface area contributed by atoms with Crippen molar-refractivity contribution in [3.63, 3.8) is 0 Å². The van der Waals surface area contributed by atoms with Crippen molar-refractivity contribution >= 4 is 5.91 Å². The largest absolute Gasteiger partial charge is 0.346 e. The maximum Gasteiger partial charge on any atom is 0.271 e. The van der Waals surface area contributed by atoms with E-state index in [1.807, 2.05) is 6.92 Å². The first-order valence-electron chi connectivity index (χ1n) is 5.50. The normalized spacial score (nSPS) is 16.9. The molecule has 0 spiro atoms. The van der Waals surface area contributed by atoms with Crippen LogP contribution < -0.4 is 11.1 Å². The number of carbonyl (C=O) groups is 1. The summed E-state index contributed by atoms with van der Waals surface area (Å²) in [5.74, 6) is 0.363. The SMILES string of the molecule is Cc1cnc(C(=O)NC(CN)C2CC2)cn1. The summed E-state index contributed by atoms with van der Waals surface area (Å²) < 4.78 is 0. The lowest BCUT2D eigenvalue weighted by Gasteiger charge is -2.15. The van der Waals surface area contributed by atoms with Gasteiger partial charge in [-0.3, -0.25) is 9.78 Å². The Kier molecular flexibility index (Phi) is 3.14. The zero-order chi connectivity index (χ0) is 11.5. The number of hydrogen-bond donors (Lipinski definition) is 2. The second kappa shape index (κ2) is 4.57. The van der Waals surface area contributed by atoms with Gasteiger partial charge in [0.15, 0.2) is 0 Å². The Morgan fingerprint density at radius 1 is 1.56 bits per heavy atom. The second-order valence-corrected chi connectivity index (χ2v) is 4.20. The number of nitrogens with zero attached hydrogens (tertiary/aromatic N) is 2. The zero-order valence-electron chi connectivity index (χ0n) is 9.31. The van der Waals surface area contributed by atoms with Crippen LogP contribution in [-0.2, 0) is 0 Å². The maximum atomic E-state index is 11.8. The average Bonchev–Trinajstić information content (AvgIpc) is 3.10. The Hall–Kier alpha value is -1.49. The van der Waals surface area contributed by atoms with Gasteiger partial charge in [0, 0.05) is 18.8 Å². The van der Waals surface area contributed by atoms with Crippen molar-refractivity contribution in [2.45, 2.75) is 25.8 Å². The minimum atomic E-state index is -0.185. The van der Waals surface area contributed by atoms with Gasteiger partial charge >= 0.3 is 0 Å². The summed E-state index contributed by atoms with van der Waals surface area (Å²) in [5.41, 5.74) is 6.77. The molecule has 1 aromatic heterocycles. The molecule has 0 radical (unpaired) electrons. The van der Waals surface area contributed by atoms with E-state index < -0.39 is 0 Å². The Labute approximate surface area is 94.5 Å². The molecule has 86 valence electrons. The summed E-state index contributed by atoms with van der Waals surface area (Å²) in [6, 6.07) is 0.0793. The van der Waals surface area contributed by atoms with E-state index in [1.54, 1.807) is 6.20 Å². The molecule has 0 saturated heterocycles. The quantitative estimate of drug-likeness (QED) is 0.762. The molecule has 5 heteroatoms. The van der Waals surface area contributed by atoms with Crippen molar-refractivity contribution in [2.75, 3.05) is 6.54 Å². The third kappa shape index (κ3) is 2.55. The van der Waals surface area contributed by atoms with Gasteiger partial charge in [0.1, 0.15) is 5.69 Å². The van der Waals surface area contributed by atoms with Crippen LogP contribution in [-0.4, -0.2) is 28.5 Å². The summed E-state index contributed by atoms with van der Waals surface area (Å²) in [6.45, 7) is 2.32. The van der Waals surface area contributed by atoms with E-state index in [0.717, 1.165) is 18.5 Å². The van der Waals surface area contributed by atoms with E-state index in [-0.39, 0.29) is 11.9 Å². The number of nitrogens with one attached hydrogen (secondary N) is 1. The Balaban J connectivity index is 1.98. The second-order valence-electron chi connectivity index (χ2n) is 4.20. The molecule has 0 bridgehead atoms. The minimum Gasteiger partial charge on any atom is -0.346 e. The molecule has 3 N–H and O–H groups in total. The fourth-order valence-corrected chi connectivity index (χ4v) is 1.62. The summed E-state index contributed by atoms with van der Waals surface area (Å²) >= 11 is 0. The van der Waals surface area contributed by atoms with Crippen LogP contribution in [0.2, 0.25) is 0 Å². The van der Waals surface area contributed by atoms with E-state index in [9.17, 15) is 4.79 Å². The van der Waals surface area contributed by atoms with E-state index in [0.29, 0.717) is 18.2 Å². The number of aryl methyl sites for hydroxylation is 1. The molecule has 5 nitrogen and oxygen atoms in total. The molecule has 1 unspecified atom stereocenters. The standard InChI is InChI=1S/C11H16N4O/c1-7-5-14-10(6-13-7)11(16)15-9(4-12)8-2-3-8/h5-6,8-9H,2-4,12H2,1H3,(H,15,16). The van der Waals surface area contributed by atoms with Gasteiger partial charge in [-0.05, 0) is 25.7 Å². The summed E-state index contributed by atoms with van der Waals surface area (Å²) in [5, 5.41) is 2.90. The van der Waals surface area contributed by atoms with E-state index in [2.05, 4.69) is 15.3 Å². The molecule has 16 heavy (non-hydrogen) atoms. The molecular weight excluding hydrogens is 204 g/mol. The van der Waals surface area contributed by atoms with Gasteiger partial charge in [-0.15, -0.1) is 0 Å². The van der Waals surface area contributed by atoms with Crippen molar-refractivity contribution in [1.82, 2.24) is 15.3 Å². The molecule has 0 aliphatic heterocycles. The van der Waals surface area contributed by atoms with Crippen molar-refractivity contribution in [3.05, 3.63) is 23.8 Å². The topological polar surface area (TPSA) is 80.9 Å². The number of hydrogen-bond acceptors (Lipinski definition) is 4. The van der Waals surface area contributed by atoms with Crippen LogP contribution in [0.15, 0.2) is 12.4 Å². The van der Waals surface area contributed by atoms with E-state index in [4.69, 9.17) is 5.73 Å². The summed E-state index contributed by atoms with van der Waals surface area (Å²) in [6.07, 6.45) is 5.39. The number of aromatic nitrogens is 2. The molecule has 1 atom stereocenters. The Bertz CT molecular complexity index is 372. The van der Waals surface area contributed by atoms with Crippen molar-refractivity contribution in [1.29, 1.82) is 0 Å². The highest BCUT2D eigenvalue weighted by Gasteiger charge is 2.31. The van der Waals surface area contributed by atoms with Gasteiger partial charge in [0.25, 0.3) is 5.91 Å². The van der Waals surface area contributed by atoms with Crippen LogP contribution in [0.1, 0.15) is 29.0 Å². The lowest BCUT2D eigenvalue weighted by atomic mass is 10.2.